The van der Waals surface area contributed by atoms with Crippen molar-refractivity contribution in [1.82, 2.24) is 15.5 Å². The van der Waals surface area contributed by atoms with Gasteiger partial charge in [0.15, 0.2) is 17.5 Å². The van der Waals surface area contributed by atoms with Crippen molar-refractivity contribution in [1.29, 1.82) is 0 Å². The molecule has 1 aromatic carbocycles. The van der Waals surface area contributed by atoms with Crippen LogP contribution in [-0.4, -0.2) is 68.4 Å². The topological polar surface area (TPSA) is 78.4 Å². The fraction of sp³-hybridized carbons (Fsp3) is 0.682. The lowest BCUT2D eigenvalue weighted by Crippen LogP contribution is -2.45. The smallest absolute Gasteiger partial charge is 0.191 e. The van der Waals surface area contributed by atoms with Crippen LogP contribution in [0.3, 0.4) is 0 Å². The first-order chi connectivity index (χ1) is 14.1. The predicted molar refractivity (Wildman–Crippen MR) is 131 cm³/mol. The molecule has 1 aliphatic heterocycles. The van der Waals surface area contributed by atoms with Gasteiger partial charge in [0.2, 0.25) is 0 Å². The number of aliphatic hydroxyl groups is 1. The molecule has 0 amide bonds. The van der Waals surface area contributed by atoms with Crippen LogP contribution in [0.4, 0.5) is 0 Å². The first-order valence-electron chi connectivity index (χ1n) is 10.8. The zero-order chi connectivity index (χ0) is 20.6. The number of nitrogens with zero attached hydrogens (tertiary/aromatic N) is 2. The highest BCUT2D eigenvalue weighted by Crippen LogP contribution is 2.30. The van der Waals surface area contributed by atoms with Gasteiger partial charge in [0.05, 0.1) is 26.9 Å². The zero-order valence-electron chi connectivity index (χ0n) is 18.4. The van der Waals surface area contributed by atoms with Crippen molar-refractivity contribution in [3.8, 4) is 11.5 Å². The molecule has 1 saturated heterocycles. The van der Waals surface area contributed by atoms with E-state index < -0.39 is 6.10 Å². The van der Waals surface area contributed by atoms with Crippen molar-refractivity contribution in [3.05, 3.63) is 23.8 Å². The van der Waals surface area contributed by atoms with E-state index in [-0.39, 0.29) is 30.5 Å². The van der Waals surface area contributed by atoms with Crippen LogP contribution in [0.1, 0.15) is 50.7 Å². The van der Waals surface area contributed by atoms with Crippen molar-refractivity contribution in [2.45, 2.75) is 57.2 Å². The molecule has 2 aliphatic rings. The summed E-state index contributed by atoms with van der Waals surface area (Å²) in [6, 6.07) is 6.63. The Bertz CT molecular complexity index is 682. The molecular weight excluding hydrogens is 495 g/mol. The van der Waals surface area contributed by atoms with Gasteiger partial charge in [-0.15, -0.1) is 24.0 Å². The molecule has 1 aromatic rings. The number of ether oxygens (including phenoxy) is 2. The van der Waals surface area contributed by atoms with Crippen LogP contribution in [0.15, 0.2) is 23.2 Å². The van der Waals surface area contributed by atoms with Gasteiger partial charge in [0.25, 0.3) is 0 Å². The van der Waals surface area contributed by atoms with E-state index in [2.05, 4.69) is 27.4 Å². The quantitative estimate of drug-likeness (QED) is 0.272. The van der Waals surface area contributed by atoms with Crippen LogP contribution in [0, 0.1) is 0 Å². The largest absolute Gasteiger partial charge is 0.493 e. The molecule has 2 fully saturated rings. The Kier molecular flexibility index (Phi) is 10.5. The van der Waals surface area contributed by atoms with Gasteiger partial charge < -0.3 is 25.2 Å². The van der Waals surface area contributed by atoms with Crippen LogP contribution in [0.25, 0.3) is 0 Å². The van der Waals surface area contributed by atoms with E-state index in [4.69, 9.17) is 9.47 Å². The highest BCUT2D eigenvalue weighted by molar-refractivity contribution is 14.0. The summed E-state index contributed by atoms with van der Waals surface area (Å²) in [5.41, 5.74) is 0.760. The number of guanidine groups is 1. The van der Waals surface area contributed by atoms with Gasteiger partial charge in [-0.3, -0.25) is 9.89 Å². The molecule has 30 heavy (non-hydrogen) atoms. The summed E-state index contributed by atoms with van der Waals surface area (Å²) in [4.78, 5) is 7.26. The number of methoxy groups -OCH3 is 2. The maximum absolute atomic E-state index is 10.6. The van der Waals surface area contributed by atoms with E-state index in [0.29, 0.717) is 17.5 Å². The molecule has 170 valence electrons. The number of benzene rings is 1. The van der Waals surface area contributed by atoms with Gasteiger partial charge in [-0.1, -0.05) is 18.9 Å². The van der Waals surface area contributed by atoms with Crippen LogP contribution in [-0.2, 0) is 0 Å². The predicted octanol–water partition coefficient (Wildman–Crippen LogP) is 2.93. The Labute approximate surface area is 197 Å². The molecule has 7 nitrogen and oxygen atoms in total. The monoisotopic (exact) mass is 532 g/mol. The molecule has 8 heteroatoms. The number of rotatable bonds is 8. The molecule has 1 saturated carbocycles. The van der Waals surface area contributed by atoms with E-state index in [1.165, 1.54) is 25.7 Å². The molecule has 3 rings (SSSR count). The van der Waals surface area contributed by atoms with Crippen molar-refractivity contribution >= 4 is 29.9 Å². The number of halogens is 1. The standard InChI is InChI=1S/C22H36N4O3.HI/c1-4-23-22(25-17-11-12-26(15-17)18-7-5-6-8-18)24-14-19(27)16-9-10-20(28-2)21(13-16)29-3;/h9-10,13,17-19,27H,4-8,11-12,14-15H2,1-3H3,(H2,23,24,25);1H. The van der Waals surface area contributed by atoms with Gasteiger partial charge in [-0.25, -0.2) is 0 Å². The van der Waals surface area contributed by atoms with E-state index in [0.717, 1.165) is 43.6 Å². The second-order valence-electron chi connectivity index (χ2n) is 7.91. The second kappa shape index (κ2) is 12.6. The molecule has 1 aliphatic carbocycles. The fourth-order valence-electron chi connectivity index (χ4n) is 4.36. The Morgan fingerprint density at radius 2 is 1.93 bits per heavy atom. The average molecular weight is 532 g/mol. The minimum absolute atomic E-state index is 0. The lowest BCUT2D eigenvalue weighted by Gasteiger charge is -2.24. The summed E-state index contributed by atoms with van der Waals surface area (Å²) < 4.78 is 10.6. The summed E-state index contributed by atoms with van der Waals surface area (Å²) in [7, 11) is 3.19. The minimum Gasteiger partial charge on any atom is -0.493 e. The first kappa shape index (κ1) is 25.0. The van der Waals surface area contributed by atoms with Crippen molar-refractivity contribution in [3.63, 3.8) is 0 Å². The number of aliphatic hydroxyl groups excluding tert-OH is 1. The summed E-state index contributed by atoms with van der Waals surface area (Å²) in [5.74, 6) is 2.02. The normalized spacial score (nSPS) is 21.2. The molecule has 2 atom stereocenters. The summed E-state index contributed by atoms with van der Waals surface area (Å²) in [5, 5.41) is 17.5. The van der Waals surface area contributed by atoms with Crippen molar-refractivity contribution in [2.24, 2.45) is 4.99 Å². The van der Waals surface area contributed by atoms with E-state index in [9.17, 15) is 5.11 Å². The molecule has 0 radical (unpaired) electrons. The van der Waals surface area contributed by atoms with Gasteiger partial charge >= 0.3 is 0 Å². The van der Waals surface area contributed by atoms with Crippen LogP contribution >= 0.6 is 24.0 Å². The highest BCUT2D eigenvalue weighted by Gasteiger charge is 2.30. The van der Waals surface area contributed by atoms with Gasteiger partial charge in [0.1, 0.15) is 0 Å². The molecule has 1 heterocycles. The van der Waals surface area contributed by atoms with E-state index in [1.54, 1.807) is 26.4 Å². The van der Waals surface area contributed by atoms with Crippen LogP contribution in [0.2, 0.25) is 0 Å². The first-order valence-corrected chi connectivity index (χ1v) is 10.8. The maximum atomic E-state index is 10.6. The zero-order valence-corrected chi connectivity index (χ0v) is 20.7. The Morgan fingerprint density at radius 1 is 1.20 bits per heavy atom. The van der Waals surface area contributed by atoms with Crippen molar-refractivity contribution in [2.75, 3.05) is 40.4 Å². The summed E-state index contributed by atoms with van der Waals surface area (Å²) in [6.07, 6.45) is 5.87. The summed E-state index contributed by atoms with van der Waals surface area (Å²) in [6.45, 7) is 5.37. The lowest BCUT2D eigenvalue weighted by molar-refractivity contribution is 0.186. The molecule has 2 unspecified atom stereocenters. The fourth-order valence-corrected chi connectivity index (χ4v) is 4.36. The van der Waals surface area contributed by atoms with Gasteiger partial charge in [-0.2, -0.15) is 0 Å². The van der Waals surface area contributed by atoms with Crippen molar-refractivity contribution < 1.29 is 14.6 Å². The maximum Gasteiger partial charge on any atom is 0.191 e. The van der Waals surface area contributed by atoms with Gasteiger partial charge in [-0.05, 0) is 43.9 Å². The Hall–Kier alpha value is -1.26. The second-order valence-corrected chi connectivity index (χ2v) is 7.91. The van der Waals surface area contributed by atoms with Gasteiger partial charge in [0, 0.05) is 31.7 Å². The summed E-state index contributed by atoms with van der Waals surface area (Å²) >= 11 is 0. The molecule has 0 bridgehead atoms. The third-order valence-corrected chi connectivity index (χ3v) is 5.96. The molecule has 0 spiro atoms. The third-order valence-electron chi connectivity index (χ3n) is 5.96. The Balaban J connectivity index is 0.00000320. The number of likely N-dealkylation sites (tertiary alicyclic amines) is 1. The average Bonchev–Trinajstić information content (AvgIpc) is 3.43. The van der Waals surface area contributed by atoms with E-state index >= 15 is 0 Å². The van der Waals surface area contributed by atoms with Crippen LogP contribution in [0.5, 0.6) is 11.5 Å². The molecular formula is C22H37IN4O3. The number of hydrogen-bond acceptors (Lipinski definition) is 5. The molecule has 3 N–H and O–H groups in total. The lowest BCUT2D eigenvalue weighted by atomic mass is 10.1. The number of hydrogen-bond donors (Lipinski definition) is 3. The Morgan fingerprint density at radius 3 is 2.60 bits per heavy atom. The number of aliphatic imine (C=N–C) groups is 1. The van der Waals surface area contributed by atoms with Crippen LogP contribution < -0.4 is 20.1 Å². The highest BCUT2D eigenvalue weighted by atomic mass is 127. The third kappa shape index (κ3) is 6.62. The minimum atomic E-state index is -0.705. The van der Waals surface area contributed by atoms with E-state index in [1.807, 2.05) is 6.07 Å². The molecule has 0 aromatic heterocycles. The number of nitrogens with one attached hydrogen (secondary N) is 2. The SMILES string of the molecule is CCNC(=NCC(O)c1ccc(OC)c(OC)c1)NC1CCN(C2CCCC2)C1.I.